The zero-order valence-corrected chi connectivity index (χ0v) is 12.2. The maximum atomic E-state index is 12.3. The van der Waals surface area contributed by atoms with E-state index in [1.54, 1.807) is 19.1 Å². The van der Waals surface area contributed by atoms with Crippen molar-refractivity contribution in [1.29, 1.82) is 0 Å². The minimum Gasteiger partial charge on any atom is -0.320 e. The molecule has 4 N–H and O–H groups in total. The summed E-state index contributed by atoms with van der Waals surface area (Å²) < 4.78 is 27.1. The van der Waals surface area contributed by atoms with Gasteiger partial charge >= 0.3 is 0 Å². The topological polar surface area (TPSA) is 114 Å². The third-order valence-corrected chi connectivity index (χ3v) is 4.25. The molecule has 0 unspecified atom stereocenters. The molecule has 1 heterocycles. The van der Waals surface area contributed by atoms with Crippen LogP contribution in [0.1, 0.15) is 17.0 Å². The summed E-state index contributed by atoms with van der Waals surface area (Å²) in [6.45, 7) is 1.99. The van der Waals surface area contributed by atoms with Crippen LogP contribution in [0.2, 0.25) is 0 Å². The Morgan fingerprint density at radius 3 is 2.90 bits per heavy atom. The van der Waals surface area contributed by atoms with Crippen LogP contribution in [0.3, 0.4) is 0 Å². The van der Waals surface area contributed by atoms with E-state index in [4.69, 9.17) is 5.73 Å². The van der Waals surface area contributed by atoms with Crippen LogP contribution in [0, 0.1) is 18.8 Å². The van der Waals surface area contributed by atoms with Crippen molar-refractivity contribution in [3.05, 3.63) is 41.5 Å². The zero-order valence-electron chi connectivity index (χ0n) is 11.4. The third kappa shape index (κ3) is 3.88. The van der Waals surface area contributed by atoms with Gasteiger partial charge in [0.05, 0.1) is 18.0 Å². The van der Waals surface area contributed by atoms with E-state index in [9.17, 15) is 8.42 Å². The SMILES string of the molecule is Cc1ccc(C#CCN)cc1S(=O)(=O)NCc1ncn[nH]1. The van der Waals surface area contributed by atoms with Crippen LogP contribution in [0.5, 0.6) is 0 Å². The summed E-state index contributed by atoms with van der Waals surface area (Å²) in [4.78, 5) is 4.05. The highest BCUT2D eigenvalue weighted by atomic mass is 32.2. The molecule has 1 aromatic heterocycles. The van der Waals surface area contributed by atoms with Crippen LogP contribution in [-0.2, 0) is 16.6 Å². The molecule has 2 aromatic rings. The maximum absolute atomic E-state index is 12.3. The monoisotopic (exact) mass is 305 g/mol. The number of benzene rings is 1. The first-order valence-electron chi connectivity index (χ1n) is 6.16. The Morgan fingerprint density at radius 1 is 1.43 bits per heavy atom. The molecule has 0 aliphatic rings. The van der Waals surface area contributed by atoms with Crippen molar-refractivity contribution < 1.29 is 8.42 Å². The number of nitrogens with two attached hydrogens (primary N) is 1. The van der Waals surface area contributed by atoms with E-state index in [0.717, 1.165) is 0 Å². The molecule has 7 nitrogen and oxygen atoms in total. The molecular weight excluding hydrogens is 290 g/mol. The number of nitrogens with one attached hydrogen (secondary N) is 2. The smallest absolute Gasteiger partial charge is 0.241 e. The number of H-pyrrole nitrogens is 1. The lowest BCUT2D eigenvalue weighted by Crippen LogP contribution is -2.24. The highest BCUT2D eigenvalue weighted by molar-refractivity contribution is 7.89. The first-order chi connectivity index (χ1) is 10.0. The summed E-state index contributed by atoms with van der Waals surface area (Å²) in [5, 5.41) is 6.25. The molecule has 110 valence electrons. The van der Waals surface area contributed by atoms with Crippen molar-refractivity contribution >= 4 is 10.0 Å². The number of nitrogens with zero attached hydrogens (tertiary/aromatic N) is 2. The Hall–Kier alpha value is -2.21. The van der Waals surface area contributed by atoms with Gasteiger partial charge in [-0.1, -0.05) is 17.9 Å². The first kappa shape index (κ1) is 15.2. The normalized spacial score (nSPS) is 11.0. The highest BCUT2D eigenvalue weighted by Gasteiger charge is 2.17. The van der Waals surface area contributed by atoms with Crippen molar-refractivity contribution in [1.82, 2.24) is 19.9 Å². The molecule has 0 saturated carbocycles. The Kier molecular flexibility index (Phi) is 4.70. The van der Waals surface area contributed by atoms with E-state index in [1.165, 1.54) is 12.4 Å². The second-order valence-electron chi connectivity index (χ2n) is 4.24. The summed E-state index contributed by atoms with van der Waals surface area (Å²) in [5.41, 5.74) is 6.55. The minimum absolute atomic E-state index is 0.0421. The van der Waals surface area contributed by atoms with Gasteiger partial charge in [0, 0.05) is 5.56 Å². The van der Waals surface area contributed by atoms with Gasteiger partial charge in [-0.2, -0.15) is 5.10 Å². The Bertz CT molecular complexity index is 773. The van der Waals surface area contributed by atoms with E-state index in [0.29, 0.717) is 17.0 Å². The third-order valence-electron chi connectivity index (χ3n) is 2.71. The number of hydrogen-bond acceptors (Lipinski definition) is 5. The van der Waals surface area contributed by atoms with E-state index < -0.39 is 10.0 Å². The van der Waals surface area contributed by atoms with E-state index in [-0.39, 0.29) is 18.0 Å². The quantitative estimate of drug-likeness (QED) is 0.683. The summed E-state index contributed by atoms with van der Waals surface area (Å²) in [7, 11) is -3.65. The first-order valence-corrected chi connectivity index (χ1v) is 7.65. The molecule has 0 saturated heterocycles. The molecule has 0 spiro atoms. The lowest BCUT2D eigenvalue weighted by molar-refractivity contribution is 0.578. The zero-order chi connectivity index (χ0) is 15.3. The molecule has 0 aliphatic carbocycles. The number of aromatic amines is 1. The fourth-order valence-corrected chi connectivity index (χ4v) is 2.93. The number of hydrogen-bond donors (Lipinski definition) is 3. The number of aromatic nitrogens is 3. The van der Waals surface area contributed by atoms with Crippen LogP contribution in [0.15, 0.2) is 29.4 Å². The predicted molar refractivity (Wildman–Crippen MR) is 77.5 cm³/mol. The molecule has 21 heavy (non-hydrogen) atoms. The molecule has 0 amide bonds. The van der Waals surface area contributed by atoms with Gasteiger partial charge in [0.1, 0.15) is 12.2 Å². The van der Waals surface area contributed by atoms with Gasteiger partial charge in [-0.25, -0.2) is 18.1 Å². The van der Waals surface area contributed by atoms with E-state index in [1.807, 2.05) is 0 Å². The van der Waals surface area contributed by atoms with Crippen LogP contribution < -0.4 is 10.5 Å². The van der Waals surface area contributed by atoms with Crippen LogP contribution in [0.25, 0.3) is 0 Å². The molecule has 0 aliphatic heterocycles. The highest BCUT2D eigenvalue weighted by Crippen LogP contribution is 2.16. The standard InChI is InChI=1S/C13H15N5O2S/c1-10-4-5-11(3-2-6-14)7-12(10)21(19,20)17-8-13-15-9-16-18-13/h4-5,7,9,17H,6,8,14H2,1H3,(H,15,16,18). The van der Waals surface area contributed by atoms with Gasteiger partial charge in [-0.3, -0.25) is 5.10 Å². The lowest BCUT2D eigenvalue weighted by Gasteiger charge is -2.08. The number of sulfonamides is 1. The summed E-state index contributed by atoms with van der Waals surface area (Å²) in [5.74, 6) is 5.95. The van der Waals surface area contributed by atoms with E-state index >= 15 is 0 Å². The molecule has 1 aromatic carbocycles. The lowest BCUT2D eigenvalue weighted by atomic mass is 10.1. The largest absolute Gasteiger partial charge is 0.320 e. The summed E-state index contributed by atoms with van der Waals surface area (Å²) >= 11 is 0. The van der Waals surface area contributed by atoms with Gasteiger partial charge in [-0.15, -0.1) is 0 Å². The number of aryl methyl sites for hydroxylation is 1. The van der Waals surface area contributed by atoms with Gasteiger partial charge in [0.15, 0.2) is 0 Å². The van der Waals surface area contributed by atoms with Crippen molar-refractivity contribution in [2.75, 3.05) is 6.54 Å². The molecule has 2 rings (SSSR count). The van der Waals surface area contributed by atoms with Crippen molar-refractivity contribution in [3.8, 4) is 11.8 Å². The molecule has 8 heteroatoms. The van der Waals surface area contributed by atoms with Gasteiger partial charge in [0.25, 0.3) is 0 Å². The molecule has 0 radical (unpaired) electrons. The summed E-state index contributed by atoms with van der Waals surface area (Å²) in [6, 6.07) is 5.00. The molecule has 0 fully saturated rings. The van der Waals surface area contributed by atoms with Crippen molar-refractivity contribution in [3.63, 3.8) is 0 Å². The Balaban J connectivity index is 2.26. The molecule has 0 bridgehead atoms. The summed E-state index contributed by atoms with van der Waals surface area (Å²) in [6.07, 6.45) is 1.32. The van der Waals surface area contributed by atoms with Gasteiger partial charge in [0.2, 0.25) is 10.0 Å². The molecular formula is C13H15N5O2S. The number of rotatable bonds is 4. The van der Waals surface area contributed by atoms with Crippen LogP contribution in [0.4, 0.5) is 0 Å². The van der Waals surface area contributed by atoms with Gasteiger partial charge in [-0.05, 0) is 24.6 Å². The van der Waals surface area contributed by atoms with E-state index in [2.05, 4.69) is 31.7 Å². The average molecular weight is 305 g/mol. The molecule has 0 atom stereocenters. The van der Waals surface area contributed by atoms with Crippen molar-refractivity contribution in [2.24, 2.45) is 5.73 Å². The van der Waals surface area contributed by atoms with Crippen LogP contribution >= 0.6 is 0 Å². The van der Waals surface area contributed by atoms with Crippen molar-refractivity contribution in [2.45, 2.75) is 18.4 Å². The second kappa shape index (κ2) is 6.49. The average Bonchev–Trinajstić information content (AvgIpc) is 2.97. The van der Waals surface area contributed by atoms with Crippen LogP contribution in [-0.4, -0.2) is 30.1 Å². The minimum atomic E-state index is -3.65. The fraction of sp³-hybridized carbons (Fsp3) is 0.231. The fourth-order valence-electron chi connectivity index (χ4n) is 1.68. The second-order valence-corrected chi connectivity index (χ2v) is 5.98. The Morgan fingerprint density at radius 2 is 2.24 bits per heavy atom. The predicted octanol–water partition coefficient (Wildman–Crippen LogP) is -0.0982. The Labute approximate surface area is 123 Å². The van der Waals surface area contributed by atoms with Gasteiger partial charge < -0.3 is 5.73 Å². The maximum Gasteiger partial charge on any atom is 0.241 e.